The van der Waals surface area contributed by atoms with Gasteiger partial charge in [-0.05, 0) is 68.8 Å². The number of aryl methyl sites for hydroxylation is 1. The third-order valence-corrected chi connectivity index (χ3v) is 7.65. The van der Waals surface area contributed by atoms with Crippen molar-refractivity contribution in [1.29, 1.82) is 0 Å². The molecule has 6 heteroatoms. The average Bonchev–Trinajstić information content (AvgIpc) is 2.96. The van der Waals surface area contributed by atoms with Crippen LogP contribution in [0.25, 0.3) is 0 Å². The summed E-state index contributed by atoms with van der Waals surface area (Å²) in [6.45, 7) is 3.50. The highest BCUT2D eigenvalue weighted by molar-refractivity contribution is 9.10. The first kappa shape index (κ1) is 17.1. The van der Waals surface area contributed by atoms with Gasteiger partial charge in [0, 0.05) is 17.1 Å². The zero-order chi connectivity index (χ0) is 17.8. The fourth-order valence-corrected chi connectivity index (χ4v) is 6.00. The summed E-state index contributed by atoms with van der Waals surface area (Å²) in [4.78, 5) is 2.70. The molecule has 0 amide bonds. The number of nitrogens with zero attached hydrogens (tertiary/aromatic N) is 2. The van der Waals surface area contributed by atoms with E-state index in [0.29, 0.717) is 17.4 Å². The Bertz CT molecular complexity index is 912. The number of fused-ring (bicyclic) bond motifs is 3. The summed E-state index contributed by atoms with van der Waals surface area (Å²) in [6.07, 6.45) is 1.02. The zero-order valence-corrected chi connectivity index (χ0v) is 16.7. The molecule has 4 rings (SSSR count). The molecule has 2 aliphatic heterocycles. The average molecular weight is 421 g/mol. The number of hydrogen-bond acceptors (Lipinski definition) is 3. The van der Waals surface area contributed by atoms with Gasteiger partial charge in [-0.1, -0.05) is 33.6 Å². The Balaban J connectivity index is 1.84. The van der Waals surface area contributed by atoms with Crippen molar-refractivity contribution in [3.63, 3.8) is 0 Å². The van der Waals surface area contributed by atoms with Crippen molar-refractivity contribution in [3.05, 3.63) is 58.1 Å². The van der Waals surface area contributed by atoms with Crippen LogP contribution in [0.1, 0.15) is 23.6 Å². The summed E-state index contributed by atoms with van der Waals surface area (Å²) in [5.41, 5.74) is 2.96. The van der Waals surface area contributed by atoms with E-state index in [-0.39, 0.29) is 6.04 Å². The molecule has 2 heterocycles. The van der Waals surface area contributed by atoms with Gasteiger partial charge < -0.3 is 0 Å². The van der Waals surface area contributed by atoms with Gasteiger partial charge in [-0.3, -0.25) is 9.21 Å². The van der Waals surface area contributed by atoms with Crippen LogP contribution in [0.3, 0.4) is 0 Å². The van der Waals surface area contributed by atoms with E-state index in [9.17, 15) is 8.42 Å². The number of hydrogen-bond donors (Lipinski definition) is 0. The number of likely N-dealkylation sites (tertiary alicyclic amines) is 1. The van der Waals surface area contributed by atoms with E-state index < -0.39 is 10.0 Å². The predicted octanol–water partition coefficient (Wildman–Crippen LogP) is 3.96. The summed E-state index contributed by atoms with van der Waals surface area (Å²) < 4.78 is 29.2. The second kappa shape index (κ2) is 6.11. The SMILES string of the molecule is Cc1ccc(S(=O)(=O)N2C[C@H]3CCN(C)[C@H]3c3cc(Br)ccc32)cc1. The molecule has 0 spiro atoms. The Labute approximate surface area is 157 Å². The topological polar surface area (TPSA) is 40.6 Å². The van der Waals surface area contributed by atoms with Gasteiger partial charge in [0.2, 0.25) is 0 Å². The molecule has 2 aromatic carbocycles. The van der Waals surface area contributed by atoms with Gasteiger partial charge >= 0.3 is 0 Å². The number of rotatable bonds is 2. The maximum absolute atomic E-state index is 13.3. The molecule has 0 aromatic heterocycles. The highest BCUT2D eigenvalue weighted by atomic mass is 79.9. The molecule has 1 fully saturated rings. The van der Waals surface area contributed by atoms with Crippen LogP contribution >= 0.6 is 15.9 Å². The Hall–Kier alpha value is -1.37. The molecule has 0 bridgehead atoms. The molecule has 2 aliphatic rings. The summed E-state index contributed by atoms with van der Waals surface area (Å²) in [7, 11) is -1.44. The molecule has 2 aromatic rings. The first-order valence-corrected chi connectivity index (χ1v) is 10.7. The van der Waals surface area contributed by atoms with E-state index in [1.807, 2.05) is 31.2 Å². The minimum Gasteiger partial charge on any atom is -0.299 e. The standard InChI is InChI=1S/C19H21BrN2O2S/c1-13-3-6-16(7-4-13)25(23,24)22-12-14-9-10-21(2)19(14)17-11-15(20)5-8-18(17)22/h3-8,11,14,19H,9-10,12H2,1-2H3/t14-,19-/m1/s1. The van der Waals surface area contributed by atoms with Gasteiger partial charge in [0.25, 0.3) is 10.0 Å². The molecule has 0 unspecified atom stereocenters. The lowest BCUT2D eigenvalue weighted by Crippen LogP contribution is -2.42. The molecule has 0 radical (unpaired) electrons. The van der Waals surface area contributed by atoms with Gasteiger partial charge in [-0.15, -0.1) is 0 Å². The monoisotopic (exact) mass is 420 g/mol. The third-order valence-electron chi connectivity index (χ3n) is 5.36. The first-order chi connectivity index (χ1) is 11.9. The largest absolute Gasteiger partial charge is 0.299 e. The molecule has 1 saturated heterocycles. The lowest BCUT2D eigenvalue weighted by Gasteiger charge is -2.39. The van der Waals surface area contributed by atoms with Crippen LogP contribution in [0.2, 0.25) is 0 Å². The first-order valence-electron chi connectivity index (χ1n) is 8.47. The molecule has 0 aliphatic carbocycles. The van der Waals surface area contributed by atoms with Crippen molar-refractivity contribution in [1.82, 2.24) is 4.90 Å². The minimum absolute atomic E-state index is 0.289. The Kier molecular flexibility index (Phi) is 4.17. The molecule has 25 heavy (non-hydrogen) atoms. The number of anilines is 1. The maximum atomic E-state index is 13.3. The normalized spacial score (nSPS) is 23.4. The second-order valence-corrected chi connectivity index (χ2v) is 9.80. The van der Waals surface area contributed by atoms with Gasteiger partial charge in [0.15, 0.2) is 0 Å². The van der Waals surface area contributed by atoms with E-state index in [4.69, 9.17) is 0 Å². The van der Waals surface area contributed by atoms with Crippen molar-refractivity contribution in [3.8, 4) is 0 Å². The van der Waals surface area contributed by atoms with Gasteiger partial charge in [-0.2, -0.15) is 0 Å². The highest BCUT2D eigenvalue weighted by Gasteiger charge is 2.43. The molecule has 4 nitrogen and oxygen atoms in total. The predicted molar refractivity (Wildman–Crippen MR) is 103 cm³/mol. The van der Waals surface area contributed by atoms with Crippen molar-refractivity contribution >= 4 is 31.6 Å². The molecule has 0 saturated carbocycles. The van der Waals surface area contributed by atoms with E-state index in [1.54, 1.807) is 16.4 Å². The smallest absolute Gasteiger partial charge is 0.264 e. The Morgan fingerprint density at radius 2 is 1.84 bits per heavy atom. The van der Waals surface area contributed by atoms with Crippen LogP contribution in [-0.4, -0.2) is 33.5 Å². The van der Waals surface area contributed by atoms with Crippen LogP contribution in [0, 0.1) is 12.8 Å². The van der Waals surface area contributed by atoms with E-state index in [0.717, 1.165) is 34.3 Å². The highest BCUT2D eigenvalue weighted by Crippen LogP contribution is 2.47. The zero-order valence-electron chi connectivity index (χ0n) is 14.3. The summed E-state index contributed by atoms with van der Waals surface area (Å²) in [5, 5.41) is 0. The van der Waals surface area contributed by atoms with E-state index in [1.165, 1.54) is 0 Å². The third kappa shape index (κ3) is 2.80. The van der Waals surface area contributed by atoms with Crippen LogP contribution in [0.15, 0.2) is 51.8 Å². The molecular weight excluding hydrogens is 400 g/mol. The molecular formula is C19H21BrN2O2S. The quantitative estimate of drug-likeness (QED) is 0.737. The van der Waals surface area contributed by atoms with Crippen molar-refractivity contribution < 1.29 is 8.42 Å². The van der Waals surface area contributed by atoms with E-state index in [2.05, 4.69) is 33.9 Å². The molecule has 2 atom stereocenters. The molecule has 132 valence electrons. The van der Waals surface area contributed by atoms with Crippen LogP contribution in [0.4, 0.5) is 5.69 Å². The van der Waals surface area contributed by atoms with Crippen molar-refractivity contribution in [2.75, 3.05) is 24.4 Å². The number of benzene rings is 2. The fourth-order valence-electron chi connectivity index (χ4n) is 4.07. The fraction of sp³-hybridized carbons (Fsp3) is 0.368. The van der Waals surface area contributed by atoms with Gasteiger partial charge in [-0.25, -0.2) is 8.42 Å². The van der Waals surface area contributed by atoms with Crippen LogP contribution < -0.4 is 4.31 Å². The Morgan fingerprint density at radius 1 is 1.12 bits per heavy atom. The van der Waals surface area contributed by atoms with E-state index >= 15 is 0 Å². The lowest BCUT2D eigenvalue weighted by atomic mass is 9.89. The summed E-state index contributed by atoms with van der Waals surface area (Å²) in [6, 6.07) is 13.3. The summed E-state index contributed by atoms with van der Waals surface area (Å²) >= 11 is 3.54. The second-order valence-electron chi connectivity index (χ2n) is 7.03. The molecule has 0 N–H and O–H groups in total. The van der Waals surface area contributed by atoms with Gasteiger partial charge in [0.1, 0.15) is 0 Å². The van der Waals surface area contributed by atoms with Crippen molar-refractivity contribution in [2.24, 2.45) is 5.92 Å². The number of halogens is 1. The summed E-state index contributed by atoms with van der Waals surface area (Å²) in [5.74, 6) is 0.326. The Morgan fingerprint density at radius 3 is 2.56 bits per heavy atom. The van der Waals surface area contributed by atoms with Crippen LogP contribution in [0.5, 0.6) is 0 Å². The van der Waals surface area contributed by atoms with Crippen LogP contribution in [-0.2, 0) is 10.0 Å². The number of sulfonamides is 1. The lowest BCUT2D eigenvalue weighted by molar-refractivity contribution is 0.273. The van der Waals surface area contributed by atoms with Gasteiger partial charge in [0.05, 0.1) is 10.6 Å². The minimum atomic E-state index is -3.56. The maximum Gasteiger partial charge on any atom is 0.264 e. The van der Waals surface area contributed by atoms with Crippen molar-refractivity contribution in [2.45, 2.75) is 24.3 Å².